The number of quaternary nitrogens is 2. The van der Waals surface area contributed by atoms with Gasteiger partial charge in [0.15, 0.2) is 0 Å². The maximum absolute atomic E-state index is 2.31. The maximum atomic E-state index is 2.31. The second-order valence-electron chi connectivity index (χ2n) is 7.61. The number of hydrogen-bond donors (Lipinski definition) is 2. The van der Waals surface area contributed by atoms with Crippen molar-refractivity contribution in [1.29, 1.82) is 0 Å². The molecule has 0 bridgehead atoms. The molecule has 1 saturated heterocycles. The molecule has 1 fully saturated rings. The van der Waals surface area contributed by atoms with Gasteiger partial charge in [0.1, 0.15) is 13.1 Å². The molecule has 0 radical (unpaired) electrons. The predicted octanol–water partition coefficient (Wildman–Crippen LogP) is 2.12. The molecule has 2 heteroatoms. The Morgan fingerprint density at radius 3 is 2.08 bits per heavy atom. The highest BCUT2D eigenvalue weighted by Gasteiger charge is 2.29. The lowest BCUT2D eigenvalue weighted by Gasteiger charge is -2.34. The van der Waals surface area contributed by atoms with Crippen molar-refractivity contribution in [1.82, 2.24) is 0 Å². The van der Waals surface area contributed by atoms with E-state index in [4.69, 9.17) is 0 Å². The van der Waals surface area contributed by atoms with Gasteiger partial charge in [-0.1, -0.05) is 74.0 Å². The molecule has 1 aliphatic heterocycles. The third-order valence-corrected chi connectivity index (χ3v) is 5.69. The zero-order chi connectivity index (χ0) is 17.3. The van der Waals surface area contributed by atoms with Crippen LogP contribution in [0.2, 0.25) is 0 Å². The first-order valence-electron chi connectivity index (χ1n) is 10.1. The second kappa shape index (κ2) is 9.74. The van der Waals surface area contributed by atoms with Gasteiger partial charge in [0, 0.05) is 24.0 Å². The van der Waals surface area contributed by atoms with Gasteiger partial charge in [-0.05, 0) is 6.42 Å². The van der Waals surface area contributed by atoms with E-state index in [-0.39, 0.29) is 0 Å². The quantitative estimate of drug-likeness (QED) is 0.730. The lowest BCUT2D eigenvalue weighted by atomic mass is 10.0. The van der Waals surface area contributed by atoms with Crippen LogP contribution in [0.15, 0.2) is 60.7 Å². The van der Waals surface area contributed by atoms with Crippen molar-refractivity contribution in [2.75, 3.05) is 19.6 Å². The molecule has 2 aromatic rings. The van der Waals surface area contributed by atoms with Gasteiger partial charge in [0.25, 0.3) is 0 Å². The number of rotatable bonds is 8. The smallest absolute Gasteiger partial charge is 0.103 e. The summed E-state index contributed by atoms with van der Waals surface area (Å²) in [7, 11) is 0. The first-order valence-corrected chi connectivity index (χ1v) is 10.1. The number of unbranched alkanes of at least 4 members (excludes halogenated alkanes) is 1. The highest BCUT2D eigenvalue weighted by atomic mass is 15.2. The van der Waals surface area contributed by atoms with E-state index in [0.29, 0.717) is 0 Å². The molecule has 1 unspecified atom stereocenters. The van der Waals surface area contributed by atoms with Crippen LogP contribution < -0.4 is 9.80 Å². The fourth-order valence-electron chi connectivity index (χ4n) is 4.19. The lowest BCUT2D eigenvalue weighted by molar-refractivity contribution is -0.971. The largest absolute Gasteiger partial charge is 0.331 e. The summed E-state index contributed by atoms with van der Waals surface area (Å²) in [5.74, 6) is 0. The van der Waals surface area contributed by atoms with Gasteiger partial charge in [0.2, 0.25) is 0 Å². The highest BCUT2D eigenvalue weighted by Crippen LogP contribution is 2.02. The van der Waals surface area contributed by atoms with Gasteiger partial charge in [-0.15, -0.1) is 0 Å². The fourth-order valence-corrected chi connectivity index (χ4v) is 4.19. The Kier molecular flexibility index (Phi) is 7.08. The third-order valence-electron chi connectivity index (χ3n) is 5.69. The normalized spacial score (nSPS) is 21.8. The van der Waals surface area contributed by atoms with Crippen LogP contribution in [0.3, 0.4) is 0 Å². The van der Waals surface area contributed by atoms with Crippen molar-refractivity contribution in [2.45, 2.75) is 51.7 Å². The van der Waals surface area contributed by atoms with Gasteiger partial charge in [-0.25, -0.2) is 0 Å². The first-order chi connectivity index (χ1) is 12.3. The Morgan fingerprint density at radius 1 is 0.880 bits per heavy atom. The Labute approximate surface area is 153 Å². The summed E-state index contributed by atoms with van der Waals surface area (Å²) in [5, 5.41) is 0. The van der Waals surface area contributed by atoms with Crippen LogP contribution in [-0.4, -0.2) is 25.7 Å². The fraction of sp³-hybridized carbons (Fsp3) is 0.478. The molecule has 1 atom stereocenters. The average molecular weight is 339 g/mol. The van der Waals surface area contributed by atoms with Gasteiger partial charge in [-0.3, -0.25) is 0 Å². The topological polar surface area (TPSA) is 8.88 Å². The number of likely N-dealkylation sites (tertiary alicyclic amines) is 1. The Hall–Kier alpha value is -1.64. The Balaban J connectivity index is 1.54. The van der Waals surface area contributed by atoms with Crippen LogP contribution in [-0.2, 0) is 13.1 Å². The van der Waals surface area contributed by atoms with Crippen molar-refractivity contribution < 1.29 is 9.80 Å². The lowest BCUT2D eigenvalue weighted by Crippen LogP contribution is -3.19. The van der Waals surface area contributed by atoms with E-state index in [2.05, 4.69) is 67.6 Å². The number of hydrogen-bond acceptors (Lipinski definition) is 0. The third kappa shape index (κ3) is 5.69. The number of benzene rings is 2. The zero-order valence-corrected chi connectivity index (χ0v) is 15.7. The van der Waals surface area contributed by atoms with Gasteiger partial charge < -0.3 is 9.80 Å². The molecule has 1 heterocycles. The van der Waals surface area contributed by atoms with Crippen molar-refractivity contribution in [3.8, 4) is 0 Å². The van der Waals surface area contributed by atoms with E-state index in [9.17, 15) is 0 Å². The van der Waals surface area contributed by atoms with Gasteiger partial charge >= 0.3 is 0 Å². The van der Waals surface area contributed by atoms with Crippen LogP contribution in [0, 0.1) is 0 Å². The van der Waals surface area contributed by atoms with Crippen LogP contribution >= 0.6 is 0 Å². The molecule has 0 spiro atoms. The maximum Gasteiger partial charge on any atom is 0.103 e. The summed E-state index contributed by atoms with van der Waals surface area (Å²) in [6.07, 6.45) is 5.39. The van der Waals surface area contributed by atoms with Gasteiger partial charge in [-0.2, -0.15) is 0 Å². The second-order valence-corrected chi connectivity index (χ2v) is 7.61. The van der Waals surface area contributed by atoms with E-state index < -0.39 is 0 Å². The van der Waals surface area contributed by atoms with Crippen molar-refractivity contribution in [3.63, 3.8) is 0 Å². The van der Waals surface area contributed by atoms with Crippen LogP contribution in [0.25, 0.3) is 0 Å². The molecule has 0 aromatic heterocycles. The molecule has 0 amide bonds. The molecule has 2 nitrogen and oxygen atoms in total. The summed E-state index contributed by atoms with van der Waals surface area (Å²) in [6.45, 7) is 8.67. The monoisotopic (exact) mass is 338 g/mol. The summed E-state index contributed by atoms with van der Waals surface area (Å²) >= 11 is 0. The zero-order valence-electron chi connectivity index (χ0n) is 15.7. The molecule has 2 aromatic carbocycles. The summed E-state index contributed by atoms with van der Waals surface area (Å²) in [4.78, 5) is 3.57. The van der Waals surface area contributed by atoms with E-state index in [1.807, 2.05) is 4.90 Å². The van der Waals surface area contributed by atoms with E-state index in [0.717, 1.165) is 6.04 Å². The van der Waals surface area contributed by atoms with Crippen LogP contribution in [0.5, 0.6) is 0 Å². The number of piperidine rings is 1. The van der Waals surface area contributed by atoms with Gasteiger partial charge in [0.05, 0.1) is 25.7 Å². The minimum Gasteiger partial charge on any atom is -0.331 e. The van der Waals surface area contributed by atoms with Crippen LogP contribution in [0.4, 0.5) is 0 Å². The highest BCUT2D eigenvalue weighted by molar-refractivity contribution is 5.13. The minimum absolute atomic E-state index is 0.839. The standard InChI is InChI=1S/C23H32N2/c1-2-3-16-25(20-22-12-8-5-9-13-22)23-14-17-24(18-15-23)19-21-10-6-4-7-11-21/h4-13,23H,2-3,14-20H2,1H3/p+2. The van der Waals surface area contributed by atoms with E-state index in [1.165, 1.54) is 69.5 Å². The minimum atomic E-state index is 0.839. The van der Waals surface area contributed by atoms with Crippen molar-refractivity contribution >= 4 is 0 Å². The Morgan fingerprint density at radius 2 is 1.48 bits per heavy atom. The molecule has 0 aliphatic carbocycles. The van der Waals surface area contributed by atoms with Crippen LogP contribution in [0.1, 0.15) is 43.7 Å². The molecule has 3 rings (SSSR count). The molecule has 1 aliphatic rings. The summed E-state index contributed by atoms with van der Waals surface area (Å²) in [6, 6.07) is 22.9. The Bertz CT molecular complexity index is 588. The molecule has 25 heavy (non-hydrogen) atoms. The van der Waals surface area contributed by atoms with Crippen molar-refractivity contribution in [3.05, 3.63) is 71.8 Å². The van der Waals surface area contributed by atoms with E-state index in [1.54, 1.807) is 4.90 Å². The molecular weight excluding hydrogens is 304 g/mol. The predicted molar refractivity (Wildman–Crippen MR) is 105 cm³/mol. The molecular formula is C23H34N2+2. The summed E-state index contributed by atoms with van der Waals surface area (Å²) in [5.41, 5.74) is 2.98. The SMILES string of the molecule is CCCC[NH+](Cc1ccccc1)C1CC[NH+](Cc2ccccc2)CC1. The molecule has 2 N–H and O–H groups in total. The first kappa shape index (κ1) is 18.2. The molecule has 0 saturated carbocycles. The number of nitrogens with one attached hydrogen (secondary N) is 2. The molecule has 134 valence electrons. The average Bonchev–Trinajstić information content (AvgIpc) is 2.67. The van der Waals surface area contributed by atoms with E-state index >= 15 is 0 Å². The van der Waals surface area contributed by atoms with Crippen molar-refractivity contribution in [2.24, 2.45) is 0 Å². The summed E-state index contributed by atoms with van der Waals surface area (Å²) < 4.78 is 0.